The quantitative estimate of drug-likeness (QED) is 0.247. The zero-order chi connectivity index (χ0) is 24.6. The van der Waals surface area contributed by atoms with Crippen LogP contribution in [-0.2, 0) is 22.7 Å². The number of fused-ring (bicyclic) bond motifs is 1. The predicted octanol–water partition coefficient (Wildman–Crippen LogP) is 5.37. The second kappa shape index (κ2) is 11.6. The van der Waals surface area contributed by atoms with Crippen LogP contribution in [0, 0.1) is 0 Å². The summed E-state index contributed by atoms with van der Waals surface area (Å²) in [5, 5.41) is 8.58. The van der Waals surface area contributed by atoms with Crippen LogP contribution in [0.15, 0.2) is 84.1 Å². The molecule has 4 aromatic rings. The Kier molecular flexibility index (Phi) is 8.03. The number of carbonyl (C=O) groups is 2. The maximum Gasteiger partial charge on any atom is 0.407 e. The first-order valence-electron chi connectivity index (χ1n) is 10.8. The Morgan fingerprint density at radius 2 is 1.77 bits per heavy atom. The van der Waals surface area contributed by atoms with E-state index in [1.54, 1.807) is 18.3 Å². The van der Waals surface area contributed by atoms with Gasteiger partial charge in [0.2, 0.25) is 0 Å². The van der Waals surface area contributed by atoms with Crippen molar-refractivity contribution in [1.82, 2.24) is 15.3 Å². The van der Waals surface area contributed by atoms with Gasteiger partial charge in [-0.1, -0.05) is 77.8 Å². The summed E-state index contributed by atoms with van der Waals surface area (Å²) in [6.45, 7) is 0.408. The van der Waals surface area contributed by atoms with E-state index in [0.717, 1.165) is 27.6 Å². The number of benzene rings is 3. The third-order valence-electron chi connectivity index (χ3n) is 5.17. The van der Waals surface area contributed by atoms with Gasteiger partial charge in [-0.15, -0.1) is 0 Å². The predicted molar refractivity (Wildman–Crippen MR) is 138 cm³/mol. The summed E-state index contributed by atoms with van der Waals surface area (Å²) in [6, 6.07) is 22.5. The molecule has 0 bridgehead atoms. The van der Waals surface area contributed by atoms with E-state index in [1.165, 1.54) is 0 Å². The summed E-state index contributed by atoms with van der Waals surface area (Å²) >= 11 is 12.4. The van der Waals surface area contributed by atoms with E-state index in [4.69, 9.17) is 27.9 Å². The van der Waals surface area contributed by atoms with E-state index >= 15 is 0 Å². The molecule has 178 valence electrons. The molecule has 0 spiro atoms. The van der Waals surface area contributed by atoms with Gasteiger partial charge in [-0.2, -0.15) is 5.10 Å². The Bertz CT molecular complexity index is 1370. The summed E-state index contributed by atoms with van der Waals surface area (Å²) in [4.78, 5) is 23.8. The standard InChI is InChI=1S/C26H22Cl2N4O3/c27-21-11-10-19(23(28)12-21)15-32-16-20(22-8-4-5-9-24(22)32)13-30-31-25(33)14-29-26(34)35-17-18-6-2-1-3-7-18/h1-13,16H,14-15,17H2,(H,29,34)(H,31,33)/b30-13-. The third kappa shape index (κ3) is 6.62. The Labute approximate surface area is 212 Å². The van der Waals surface area contributed by atoms with Gasteiger partial charge in [-0.25, -0.2) is 10.2 Å². The van der Waals surface area contributed by atoms with Crippen LogP contribution in [0.25, 0.3) is 10.9 Å². The Morgan fingerprint density at radius 3 is 2.57 bits per heavy atom. The minimum absolute atomic E-state index is 0.123. The van der Waals surface area contributed by atoms with E-state index in [1.807, 2.05) is 66.9 Å². The SMILES string of the molecule is O=C(CNC(=O)OCc1ccccc1)N/N=C\c1cn(Cc2ccc(Cl)cc2Cl)c2ccccc12. The average molecular weight is 509 g/mol. The van der Waals surface area contributed by atoms with Gasteiger partial charge in [0.1, 0.15) is 13.2 Å². The first kappa shape index (κ1) is 24.3. The monoisotopic (exact) mass is 508 g/mol. The van der Waals surface area contributed by atoms with Crippen molar-refractivity contribution in [3.05, 3.63) is 106 Å². The number of nitrogens with one attached hydrogen (secondary N) is 2. The number of carbonyl (C=O) groups excluding carboxylic acids is 2. The van der Waals surface area contributed by atoms with Crippen molar-refractivity contribution in [1.29, 1.82) is 0 Å². The number of amides is 2. The van der Waals surface area contributed by atoms with Gasteiger partial charge in [0.15, 0.2) is 0 Å². The van der Waals surface area contributed by atoms with Crippen molar-refractivity contribution < 1.29 is 14.3 Å². The number of para-hydroxylation sites is 1. The topological polar surface area (TPSA) is 84.7 Å². The molecule has 35 heavy (non-hydrogen) atoms. The molecule has 0 aliphatic heterocycles. The molecule has 0 unspecified atom stereocenters. The fourth-order valence-electron chi connectivity index (χ4n) is 3.48. The number of alkyl carbamates (subject to hydrolysis) is 1. The smallest absolute Gasteiger partial charge is 0.407 e. The molecule has 0 atom stereocenters. The van der Waals surface area contributed by atoms with Crippen LogP contribution >= 0.6 is 23.2 Å². The molecule has 7 nitrogen and oxygen atoms in total. The van der Waals surface area contributed by atoms with Gasteiger partial charge in [0, 0.05) is 39.3 Å². The first-order valence-corrected chi connectivity index (χ1v) is 11.5. The number of halogens is 2. The molecule has 1 heterocycles. The largest absolute Gasteiger partial charge is 0.445 e. The number of hydrogen-bond acceptors (Lipinski definition) is 4. The lowest BCUT2D eigenvalue weighted by molar-refractivity contribution is -0.120. The lowest BCUT2D eigenvalue weighted by Gasteiger charge is -2.08. The zero-order valence-corrected chi connectivity index (χ0v) is 20.1. The number of aromatic nitrogens is 1. The normalized spacial score (nSPS) is 11.0. The van der Waals surface area contributed by atoms with Gasteiger partial charge < -0.3 is 14.6 Å². The highest BCUT2D eigenvalue weighted by Gasteiger charge is 2.10. The van der Waals surface area contributed by atoms with E-state index in [9.17, 15) is 9.59 Å². The summed E-state index contributed by atoms with van der Waals surface area (Å²) < 4.78 is 7.13. The van der Waals surface area contributed by atoms with Crippen molar-refractivity contribution in [2.45, 2.75) is 13.2 Å². The lowest BCUT2D eigenvalue weighted by Crippen LogP contribution is -2.35. The highest BCUT2D eigenvalue weighted by molar-refractivity contribution is 6.35. The zero-order valence-electron chi connectivity index (χ0n) is 18.6. The van der Waals surface area contributed by atoms with E-state index in [-0.39, 0.29) is 13.2 Å². The number of nitrogens with zero attached hydrogens (tertiary/aromatic N) is 2. The minimum atomic E-state index is -0.683. The second-order valence-electron chi connectivity index (χ2n) is 7.67. The molecule has 0 aliphatic carbocycles. The van der Waals surface area contributed by atoms with Crippen LogP contribution in [0.2, 0.25) is 10.0 Å². The molecule has 3 aromatic carbocycles. The number of rotatable bonds is 8. The van der Waals surface area contributed by atoms with Gasteiger partial charge in [0.05, 0.1) is 6.21 Å². The summed E-state index contributed by atoms with van der Waals surface area (Å²) in [7, 11) is 0. The fourth-order valence-corrected chi connectivity index (χ4v) is 3.95. The number of hydrogen-bond donors (Lipinski definition) is 2. The highest BCUT2D eigenvalue weighted by Crippen LogP contribution is 2.25. The average Bonchev–Trinajstić information content (AvgIpc) is 3.21. The Balaban J connectivity index is 1.34. The number of hydrazone groups is 1. The molecule has 0 aliphatic rings. The first-order chi connectivity index (χ1) is 17.0. The van der Waals surface area contributed by atoms with Crippen LogP contribution in [0.1, 0.15) is 16.7 Å². The van der Waals surface area contributed by atoms with E-state index < -0.39 is 12.0 Å². The second-order valence-corrected chi connectivity index (χ2v) is 8.52. The van der Waals surface area contributed by atoms with Gasteiger partial charge in [0.25, 0.3) is 5.91 Å². The molecule has 0 radical (unpaired) electrons. The van der Waals surface area contributed by atoms with Crippen molar-refractivity contribution in [3.8, 4) is 0 Å². The molecular formula is C26H22Cl2N4O3. The minimum Gasteiger partial charge on any atom is -0.445 e. The Morgan fingerprint density at radius 1 is 1.00 bits per heavy atom. The van der Waals surface area contributed by atoms with Crippen molar-refractivity contribution in [3.63, 3.8) is 0 Å². The van der Waals surface area contributed by atoms with Crippen LogP contribution < -0.4 is 10.7 Å². The highest BCUT2D eigenvalue weighted by atomic mass is 35.5. The molecule has 0 saturated carbocycles. The third-order valence-corrected chi connectivity index (χ3v) is 5.76. The van der Waals surface area contributed by atoms with E-state index in [2.05, 4.69) is 20.4 Å². The molecular weight excluding hydrogens is 487 g/mol. The fraction of sp³-hybridized carbons (Fsp3) is 0.115. The molecule has 1 aromatic heterocycles. The molecule has 9 heteroatoms. The molecule has 4 rings (SSSR count). The van der Waals surface area contributed by atoms with Crippen LogP contribution in [0.3, 0.4) is 0 Å². The molecule has 0 fully saturated rings. The molecule has 0 saturated heterocycles. The number of ether oxygens (including phenoxy) is 1. The molecule has 2 N–H and O–H groups in total. The Hall–Kier alpha value is -3.81. The molecule has 2 amide bonds. The van der Waals surface area contributed by atoms with Crippen molar-refractivity contribution >= 4 is 52.3 Å². The summed E-state index contributed by atoms with van der Waals surface area (Å²) in [5.74, 6) is -0.477. The van der Waals surface area contributed by atoms with Crippen LogP contribution in [0.4, 0.5) is 4.79 Å². The van der Waals surface area contributed by atoms with Gasteiger partial charge in [-0.05, 0) is 29.3 Å². The van der Waals surface area contributed by atoms with E-state index in [0.29, 0.717) is 16.6 Å². The van der Waals surface area contributed by atoms with Gasteiger partial charge in [-0.3, -0.25) is 4.79 Å². The maximum atomic E-state index is 12.1. The van der Waals surface area contributed by atoms with Crippen molar-refractivity contribution in [2.75, 3.05) is 6.54 Å². The lowest BCUT2D eigenvalue weighted by atomic mass is 10.2. The van der Waals surface area contributed by atoms with Gasteiger partial charge >= 0.3 is 6.09 Å². The maximum absolute atomic E-state index is 12.1. The van der Waals surface area contributed by atoms with Crippen LogP contribution in [0.5, 0.6) is 0 Å². The summed E-state index contributed by atoms with van der Waals surface area (Å²) in [5.41, 5.74) is 6.01. The summed E-state index contributed by atoms with van der Waals surface area (Å²) in [6.07, 6.45) is 2.81. The van der Waals surface area contributed by atoms with Crippen LogP contribution in [-0.4, -0.2) is 29.3 Å². The van der Waals surface area contributed by atoms with Crippen molar-refractivity contribution in [2.24, 2.45) is 5.10 Å².